The topological polar surface area (TPSA) is 49.3 Å². The van der Waals surface area contributed by atoms with Crippen LogP contribution in [0, 0.1) is 6.92 Å². The smallest absolute Gasteiger partial charge is 0.191 e. The molecule has 104 valence electrons. The molecule has 0 amide bonds. The lowest BCUT2D eigenvalue weighted by molar-refractivity contribution is 0.794. The Morgan fingerprint density at radius 1 is 1.05 bits per heavy atom. The van der Waals surface area contributed by atoms with Crippen molar-refractivity contribution >= 4 is 5.96 Å². The predicted octanol–water partition coefficient (Wildman–Crippen LogP) is 2.26. The van der Waals surface area contributed by atoms with Crippen LogP contribution < -0.4 is 10.6 Å². The van der Waals surface area contributed by atoms with E-state index < -0.39 is 0 Å². The Hall–Kier alpha value is -2.36. The van der Waals surface area contributed by atoms with E-state index in [1.807, 2.05) is 18.2 Å². The van der Waals surface area contributed by atoms with Crippen molar-refractivity contribution in [3.05, 3.63) is 65.5 Å². The number of guanidine groups is 1. The summed E-state index contributed by atoms with van der Waals surface area (Å²) >= 11 is 0. The molecule has 0 spiro atoms. The normalized spacial score (nSPS) is 11.2. The number of aromatic nitrogens is 1. The molecule has 0 radical (unpaired) electrons. The third-order valence-electron chi connectivity index (χ3n) is 2.97. The average Bonchev–Trinajstić information content (AvgIpc) is 2.50. The zero-order chi connectivity index (χ0) is 14.2. The van der Waals surface area contributed by atoms with E-state index in [0.717, 1.165) is 18.2 Å². The summed E-state index contributed by atoms with van der Waals surface area (Å²) in [6, 6.07) is 14.3. The van der Waals surface area contributed by atoms with Crippen LogP contribution in [0.1, 0.15) is 16.8 Å². The summed E-state index contributed by atoms with van der Waals surface area (Å²) < 4.78 is 0. The number of hydrogen-bond donors (Lipinski definition) is 2. The van der Waals surface area contributed by atoms with Gasteiger partial charge in [0.25, 0.3) is 0 Å². The Labute approximate surface area is 120 Å². The van der Waals surface area contributed by atoms with E-state index in [2.05, 4.69) is 51.8 Å². The molecule has 0 aliphatic heterocycles. The van der Waals surface area contributed by atoms with Gasteiger partial charge in [-0.3, -0.25) is 9.98 Å². The Morgan fingerprint density at radius 2 is 1.80 bits per heavy atom. The molecule has 2 N–H and O–H groups in total. The summed E-state index contributed by atoms with van der Waals surface area (Å²) in [4.78, 5) is 8.47. The lowest BCUT2D eigenvalue weighted by Crippen LogP contribution is -2.36. The second kappa shape index (κ2) is 7.28. The molecule has 0 saturated heterocycles. The molecule has 1 heterocycles. The van der Waals surface area contributed by atoms with Crippen molar-refractivity contribution in [2.75, 3.05) is 7.05 Å². The molecule has 0 unspecified atom stereocenters. The highest BCUT2D eigenvalue weighted by molar-refractivity contribution is 5.79. The zero-order valence-corrected chi connectivity index (χ0v) is 11.9. The number of aliphatic imine (C=N–C) groups is 1. The number of aryl methyl sites for hydroxylation is 1. The molecule has 20 heavy (non-hydrogen) atoms. The van der Waals surface area contributed by atoms with Crippen LogP contribution in [0.3, 0.4) is 0 Å². The van der Waals surface area contributed by atoms with Crippen LogP contribution in [0.2, 0.25) is 0 Å². The van der Waals surface area contributed by atoms with Crippen LogP contribution in [-0.4, -0.2) is 18.0 Å². The van der Waals surface area contributed by atoms with Crippen LogP contribution >= 0.6 is 0 Å². The first-order valence-electron chi connectivity index (χ1n) is 6.68. The number of pyridine rings is 1. The molecule has 1 aromatic carbocycles. The highest BCUT2D eigenvalue weighted by Gasteiger charge is 1.99. The molecule has 0 aliphatic rings. The van der Waals surface area contributed by atoms with Crippen molar-refractivity contribution in [2.24, 2.45) is 4.99 Å². The van der Waals surface area contributed by atoms with E-state index in [4.69, 9.17) is 0 Å². The van der Waals surface area contributed by atoms with Crippen molar-refractivity contribution in [3.8, 4) is 0 Å². The maximum absolute atomic E-state index is 4.27. The molecule has 0 atom stereocenters. The lowest BCUT2D eigenvalue weighted by atomic mass is 10.1. The minimum absolute atomic E-state index is 0.661. The number of nitrogens with zero attached hydrogens (tertiary/aromatic N) is 2. The molecule has 1 aromatic heterocycles. The summed E-state index contributed by atoms with van der Waals surface area (Å²) in [6.07, 6.45) is 1.79. The van der Waals surface area contributed by atoms with E-state index in [9.17, 15) is 0 Å². The molecule has 0 bridgehead atoms. The van der Waals surface area contributed by atoms with Crippen LogP contribution in [0.25, 0.3) is 0 Å². The summed E-state index contributed by atoms with van der Waals surface area (Å²) in [5.74, 6) is 0.774. The molecule has 2 aromatic rings. The Balaban J connectivity index is 1.82. The van der Waals surface area contributed by atoms with Crippen molar-refractivity contribution in [3.63, 3.8) is 0 Å². The largest absolute Gasteiger partial charge is 0.352 e. The lowest BCUT2D eigenvalue weighted by Gasteiger charge is -2.11. The van der Waals surface area contributed by atoms with E-state index in [1.165, 1.54) is 11.1 Å². The minimum Gasteiger partial charge on any atom is -0.352 e. The summed E-state index contributed by atoms with van der Waals surface area (Å²) in [6.45, 7) is 3.50. The van der Waals surface area contributed by atoms with Gasteiger partial charge in [0.1, 0.15) is 0 Å². The van der Waals surface area contributed by atoms with Gasteiger partial charge in [-0.1, -0.05) is 35.9 Å². The molecular weight excluding hydrogens is 248 g/mol. The Bertz CT molecular complexity index is 546. The second-order valence-electron chi connectivity index (χ2n) is 4.59. The zero-order valence-electron chi connectivity index (χ0n) is 11.9. The van der Waals surface area contributed by atoms with E-state index >= 15 is 0 Å². The number of nitrogens with one attached hydrogen (secondary N) is 2. The highest BCUT2D eigenvalue weighted by atomic mass is 15.2. The summed E-state index contributed by atoms with van der Waals surface area (Å²) in [7, 11) is 1.77. The monoisotopic (exact) mass is 268 g/mol. The SMILES string of the molecule is CN=C(NCc1ccc(C)cc1)NCc1ccccn1. The van der Waals surface area contributed by atoms with Crippen LogP contribution in [-0.2, 0) is 13.1 Å². The average molecular weight is 268 g/mol. The van der Waals surface area contributed by atoms with Crippen molar-refractivity contribution in [2.45, 2.75) is 20.0 Å². The van der Waals surface area contributed by atoms with Gasteiger partial charge in [-0.2, -0.15) is 0 Å². The number of hydrogen-bond acceptors (Lipinski definition) is 2. The number of benzene rings is 1. The maximum Gasteiger partial charge on any atom is 0.191 e. The van der Waals surface area contributed by atoms with Crippen LogP contribution in [0.15, 0.2) is 53.7 Å². The van der Waals surface area contributed by atoms with Gasteiger partial charge < -0.3 is 10.6 Å². The van der Waals surface area contributed by atoms with Crippen molar-refractivity contribution < 1.29 is 0 Å². The fourth-order valence-corrected chi connectivity index (χ4v) is 1.79. The van der Waals surface area contributed by atoms with Gasteiger partial charge in [0.15, 0.2) is 5.96 Å². The van der Waals surface area contributed by atoms with Crippen LogP contribution in [0.4, 0.5) is 0 Å². The maximum atomic E-state index is 4.27. The molecule has 2 rings (SSSR count). The molecule has 0 saturated carbocycles. The summed E-state index contributed by atoms with van der Waals surface area (Å²) in [5.41, 5.74) is 3.49. The minimum atomic E-state index is 0.661. The first kappa shape index (κ1) is 14.1. The van der Waals surface area contributed by atoms with Crippen molar-refractivity contribution in [1.82, 2.24) is 15.6 Å². The van der Waals surface area contributed by atoms with Crippen LogP contribution in [0.5, 0.6) is 0 Å². The van der Waals surface area contributed by atoms with E-state index in [1.54, 1.807) is 13.2 Å². The third-order valence-corrected chi connectivity index (χ3v) is 2.97. The highest BCUT2D eigenvalue weighted by Crippen LogP contribution is 2.02. The third kappa shape index (κ3) is 4.39. The number of rotatable bonds is 4. The first-order valence-corrected chi connectivity index (χ1v) is 6.68. The fraction of sp³-hybridized carbons (Fsp3) is 0.250. The van der Waals surface area contributed by atoms with E-state index in [0.29, 0.717) is 6.54 Å². The molecule has 0 aliphatic carbocycles. The first-order chi connectivity index (χ1) is 9.78. The van der Waals surface area contributed by atoms with E-state index in [-0.39, 0.29) is 0 Å². The van der Waals surface area contributed by atoms with Gasteiger partial charge in [-0.25, -0.2) is 0 Å². The molecule has 4 nitrogen and oxygen atoms in total. The molecule has 0 fully saturated rings. The van der Waals surface area contributed by atoms with Gasteiger partial charge in [-0.05, 0) is 24.6 Å². The molecular formula is C16H20N4. The van der Waals surface area contributed by atoms with Gasteiger partial charge >= 0.3 is 0 Å². The fourth-order valence-electron chi connectivity index (χ4n) is 1.79. The second-order valence-corrected chi connectivity index (χ2v) is 4.59. The Morgan fingerprint density at radius 3 is 2.45 bits per heavy atom. The van der Waals surface area contributed by atoms with Gasteiger partial charge in [0.05, 0.1) is 12.2 Å². The predicted molar refractivity (Wildman–Crippen MR) is 82.5 cm³/mol. The molecule has 4 heteroatoms. The van der Waals surface area contributed by atoms with Gasteiger partial charge in [0.2, 0.25) is 0 Å². The summed E-state index contributed by atoms with van der Waals surface area (Å²) in [5, 5.41) is 6.53. The quantitative estimate of drug-likeness (QED) is 0.660. The van der Waals surface area contributed by atoms with Gasteiger partial charge in [0, 0.05) is 19.8 Å². The Kier molecular flexibility index (Phi) is 5.12. The standard InChI is InChI=1S/C16H20N4/c1-13-6-8-14(9-7-13)11-19-16(17-2)20-12-15-5-3-4-10-18-15/h3-10H,11-12H2,1-2H3,(H2,17,19,20). The van der Waals surface area contributed by atoms with Gasteiger partial charge in [-0.15, -0.1) is 0 Å². The van der Waals surface area contributed by atoms with Crippen molar-refractivity contribution in [1.29, 1.82) is 0 Å².